The highest BCUT2D eigenvalue weighted by atomic mass is 16.5. The second-order valence-corrected chi connectivity index (χ2v) is 3.87. The highest BCUT2D eigenvalue weighted by molar-refractivity contribution is 5.77. The predicted molar refractivity (Wildman–Crippen MR) is 62.4 cm³/mol. The van der Waals surface area contributed by atoms with Crippen molar-refractivity contribution in [2.45, 2.75) is 18.8 Å². The number of aliphatic imine (C=N–C) groups is 1. The topological polar surface area (TPSA) is 45.4 Å². The zero-order valence-electron chi connectivity index (χ0n) is 9.31. The van der Waals surface area contributed by atoms with E-state index >= 15 is 0 Å². The molecule has 1 aromatic carbocycles. The zero-order valence-corrected chi connectivity index (χ0v) is 9.31. The lowest BCUT2D eigenvalue weighted by Crippen LogP contribution is -2.16. The quantitative estimate of drug-likeness (QED) is 0.721. The molecule has 0 spiro atoms. The summed E-state index contributed by atoms with van der Waals surface area (Å²) in [6, 6.07) is 10.0. The molecule has 1 aliphatic heterocycles. The van der Waals surface area contributed by atoms with Crippen molar-refractivity contribution in [3.63, 3.8) is 0 Å². The van der Waals surface area contributed by atoms with Crippen molar-refractivity contribution in [1.82, 2.24) is 0 Å². The Morgan fingerprint density at radius 2 is 2.25 bits per heavy atom. The van der Waals surface area contributed by atoms with Gasteiger partial charge in [-0.1, -0.05) is 18.2 Å². The Morgan fingerprint density at radius 1 is 1.44 bits per heavy atom. The number of nitrogens with zero attached hydrogens (tertiary/aromatic N) is 2. The zero-order chi connectivity index (χ0) is 11.4. The van der Waals surface area contributed by atoms with E-state index in [2.05, 4.69) is 11.1 Å². The summed E-state index contributed by atoms with van der Waals surface area (Å²) in [6.07, 6.45) is 1.79. The SMILES string of the molecule is COC1=NCCC(c2ccccc2C#N)C1. The summed E-state index contributed by atoms with van der Waals surface area (Å²) in [5.74, 6) is 1.16. The predicted octanol–water partition coefficient (Wildman–Crippen LogP) is 2.48. The Bertz CT molecular complexity index is 445. The van der Waals surface area contributed by atoms with Crippen molar-refractivity contribution in [1.29, 1.82) is 5.26 Å². The van der Waals surface area contributed by atoms with E-state index in [0.717, 1.165) is 36.4 Å². The summed E-state index contributed by atoms with van der Waals surface area (Å²) in [5.41, 5.74) is 1.89. The van der Waals surface area contributed by atoms with E-state index in [9.17, 15) is 0 Å². The van der Waals surface area contributed by atoms with Gasteiger partial charge in [-0.2, -0.15) is 5.26 Å². The molecule has 0 radical (unpaired) electrons. The van der Waals surface area contributed by atoms with Crippen molar-refractivity contribution < 1.29 is 4.74 Å². The van der Waals surface area contributed by atoms with E-state index < -0.39 is 0 Å². The van der Waals surface area contributed by atoms with Crippen molar-refractivity contribution >= 4 is 5.90 Å². The van der Waals surface area contributed by atoms with Gasteiger partial charge in [-0.15, -0.1) is 0 Å². The minimum absolute atomic E-state index is 0.364. The Hall–Kier alpha value is -1.82. The maximum atomic E-state index is 9.06. The molecule has 1 atom stereocenters. The minimum Gasteiger partial charge on any atom is -0.484 e. The highest BCUT2D eigenvalue weighted by Gasteiger charge is 2.21. The van der Waals surface area contributed by atoms with Crippen LogP contribution in [-0.4, -0.2) is 19.6 Å². The number of nitriles is 1. The number of methoxy groups -OCH3 is 1. The first-order chi connectivity index (χ1) is 7.85. The van der Waals surface area contributed by atoms with E-state index in [4.69, 9.17) is 10.00 Å². The van der Waals surface area contributed by atoms with Gasteiger partial charge in [0, 0.05) is 13.0 Å². The molecule has 0 saturated carbocycles. The minimum atomic E-state index is 0.364. The number of hydrogen-bond donors (Lipinski definition) is 0. The molecule has 16 heavy (non-hydrogen) atoms. The fourth-order valence-corrected chi connectivity index (χ4v) is 2.09. The molecule has 0 aromatic heterocycles. The van der Waals surface area contributed by atoms with Crippen LogP contribution in [0.1, 0.15) is 29.9 Å². The third-order valence-electron chi connectivity index (χ3n) is 2.94. The molecule has 0 saturated heterocycles. The molecule has 82 valence electrons. The highest BCUT2D eigenvalue weighted by Crippen LogP contribution is 2.29. The van der Waals surface area contributed by atoms with Gasteiger partial charge in [-0.05, 0) is 24.0 Å². The van der Waals surface area contributed by atoms with E-state index in [1.54, 1.807) is 7.11 Å². The third kappa shape index (κ3) is 2.06. The Morgan fingerprint density at radius 3 is 3.00 bits per heavy atom. The normalized spacial score (nSPS) is 19.8. The van der Waals surface area contributed by atoms with Crippen molar-refractivity contribution in [3.05, 3.63) is 35.4 Å². The van der Waals surface area contributed by atoms with Gasteiger partial charge >= 0.3 is 0 Å². The van der Waals surface area contributed by atoms with Crippen LogP contribution in [0.2, 0.25) is 0 Å². The third-order valence-corrected chi connectivity index (χ3v) is 2.94. The van der Waals surface area contributed by atoms with E-state index in [1.165, 1.54) is 0 Å². The summed E-state index contributed by atoms with van der Waals surface area (Å²) >= 11 is 0. The molecule has 3 heteroatoms. The molecular formula is C13H14N2O. The van der Waals surface area contributed by atoms with E-state index in [0.29, 0.717) is 5.92 Å². The van der Waals surface area contributed by atoms with Crippen LogP contribution in [0.3, 0.4) is 0 Å². The van der Waals surface area contributed by atoms with Crippen molar-refractivity contribution in [2.24, 2.45) is 4.99 Å². The van der Waals surface area contributed by atoms with Crippen LogP contribution in [0.5, 0.6) is 0 Å². The Labute approximate surface area is 95.4 Å². The maximum absolute atomic E-state index is 9.06. The lowest BCUT2D eigenvalue weighted by molar-refractivity contribution is 0.371. The molecule has 2 rings (SSSR count). The van der Waals surface area contributed by atoms with Crippen LogP contribution in [0.25, 0.3) is 0 Å². The molecule has 0 bridgehead atoms. The summed E-state index contributed by atoms with van der Waals surface area (Å²) in [6.45, 7) is 0.785. The molecule has 1 aromatic rings. The fourth-order valence-electron chi connectivity index (χ4n) is 2.09. The standard InChI is InChI=1S/C13H14N2O/c1-16-13-8-10(6-7-15-13)12-5-3-2-4-11(12)9-14/h2-5,10H,6-8H2,1H3. The molecule has 0 aliphatic carbocycles. The van der Waals surface area contributed by atoms with Gasteiger partial charge in [0.2, 0.25) is 0 Å². The number of rotatable bonds is 1. The summed E-state index contributed by atoms with van der Waals surface area (Å²) in [7, 11) is 1.65. The van der Waals surface area contributed by atoms with Crippen molar-refractivity contribution in [3.8, 4) is 6.07 Å². The molecule has 0 fully saturated rings. The van der Waals surface area contributed by atoms with Gasteiger partial charge in [-0.25, -0.2) is 0 Å². The summed E-state index contributed by atoms with van der Waals surface area (Å²) in [5, 5.41) is 9.06. The second kappa shape index (κ2) is 4.80. The average Bonchev–Trinajstić information content (AvgIpc) is 2.38. The van der Waals surface area contributed by atoms with E-state index in [1.807, 2.05) is 24.3 Å². The van der Waals surface area contributed by atoms with Gasteiger partial charge in [-0.3, -0.25) is 4.99 Å². The fraction of sp³-hybridized carbons (Fsp3) is 0.385. The van der Waals surface area contributed by atoms with Crippen LogP contribution in [0.15, 0.2) is 29.3 Å². The summed E-state index contributed by atoms with van der Waals surface area (Å²) < 4.78 is 5.18. The van der Waals surface area contributed by atoms with Gasteiger partial charge in [0.1, 0.15) is 0 Å². The van der Waals surface area contributed by atoms with Crippen molar-refractivity contribution in [2.75, 3.05) is 13.7 Å². The smallest absolute Gasteiger partial charge is 0.183 e. The van der Waals surface area contributed by atoms with Gasteiger partial charge in [0.15, 0.2) is 5.90 Å². The van der Waals surface area contributed by atoms with Crippen LogP contribution in [-0.2, 0) is 4.74 Å². The van der Waals surface area contributed by atoms with Crippen LogP contribution < -0.4 is 0 Å². The average molecular weight is 214 g/mol. The molecular weight excluding hydrogens is 200 g/mol. The summed E-state index contributed by atoms with van der Waals surface area (Å²) in [4.78, 5) is 4.29. The van der Waals surface area contributed by atoms with Crippen LogP contribution in [0, 0.1) is 11.3 Å². The van der Waals surface area contributed by atoms with Gasteiger partial charge in [0.25, 0.3) is 0 Å². The lowest BCUT2D eigenvalue weighted by atomic mass is 9.88. The molecule has 1 unspecified atom stereocenters. The van der Waals surface area contributed by atoms with Gasteiger partial charge in [0.05, 0.1) is 18.7 Å². The Balaban J connectivity index is 2.26. The molecule has 3 nitrogen and oxygen atoms in total. The lowest BCUT2D eigenvalue weighted by Gasteiger charge is -2.22. The second-order valence-electron chi connectivity index (χ2n) is 3.87. The monoisotopic (exact) mass is 214 g/mol. The largest absolute Gasteiger partial charge is 0.484 e. The van der Waals surface area contributed by atoms with Crippen LogP contribution in [0.4, 0.5) is 0 Å². The number of hydrogen-bond acceptors (Lipinski definition) is 3. The first kappa shape index (κ1) is 10.7. The van der Waals surface area contributed by atoms with Crippen LogP contribution >= 0.6 is 0 Å². The van der Waals surface area contributed by atoms with E-state index in [-0.39, 0.29) is 0 Å². The molecule has 1 aliphatic rings. The first-order valence-corrected chi connectivity index (χ1v) is 5.41. The molecule has 1 heterocycles. The van der Waals surface area contributed by atoms with Gasteiger partial charge < -0.3 is 4.74 Å². The number of benzene rings is 1. The maximum Gasteiger partial charge on any atom is 0.183 e. The molecule has 0 N–H and O–H groups in total. The molecule has 0 amide bonds. The first-order valence-electron chi connectivity index (χ1n) is 5.41. The Kier molecular flexibility index (Phi) is 3.21. The number of ether oxygens (including phenoxy) is 1.